The topological polar surface area (TPSA) is 117 Å². The van der Waals surface area contributed by atoms with E-state index in [2.05, 4.69) is 4.98 Å². The Hall–Kier alpha value is -3.08. The number of halogens is 1. The molecule has 1 aromatic heterocycles. The number of amides is 2. The fourth-order valence-electron chi connectivity index (χ4n) is 7.35. The van der Waals surface area contributed by atoms with Gasteiger partial charge in [-0.2, -0.15) is 0 Å². The Morgan fingerprint density at radius 3 is 2.56 bits per heavy atom. The summed E-state index contributed by atoms with van der Waals surface area (Å²) in [4.78, 5) is 55.3. The Labute approximate surface area is 236 Å². The minimum Gasteiger partial charge on any atom is -0.489 e. The molecule has 3 heterocycles. The number of carbonyl (C=O) groups excluding carboxylic acids is 2. The van der Waals surface area contributed by atoms with E-state index in [1.807, 2.05) is 42.5 Å². The molecule has 1 saturated heterocycles. The summed E-state index contributed by atoms with van der Waals surface area (Å²) in [6.45, 7) is -0.252. The number of aromatic amines is 1. The number of nitrogens with one attached hydrogen (secondary N) is 1. The summed E-state index contributed by atoms with van der Waals surface area (Å²) in [6, 6.07) is 15.3. The van der Waals surface area contributed by atoms with Gasteiger partial charge in [-0.25, -0.2) is 0 Å². The van der Waals surface area contributed by atoms with Gasteiger partial charge < -0.3 is 14.8 Å². The van der Waals surface area contributed by atoms with Crippen LogP contribution in [0.1, 0.15) is 28.3 Å². The lowest BCUT2D eigenvalue weighted by atomic mass is 9.68. The number of rotatable bonds is 6. The first-order valence-corrected chi connectivity index (χ1v) is 14.8. The molecule has 3 aromatic rings. The van der Waals surface area contributed by atoms with Crippen molar-refractivity contribution in [2.75, 3.05) is 6.54 Å². The number of thiazole rings is 1. The number of carboxylic acids is 1. The van der Waals surface area contributed by atoms with Crippen molar-refractivity contribution in [2.45, 2.75) is 29.2 Å². The van der Waals surface area contributed by atoms with Crippen LogP contribution in [0.5, 0.6) is 5.75 Å². The molecule has 0 spiro atoms. The SMILES string of the molecule is O=C(O)CN1C(=O)C2C3CC(C2C1=O)C1C3Sc2[nH]c(=O)sc2[C@@H]1c1cc(Cl)ccc1OCc1ccccc1. The summed E-state index contributed by atoms with van der Waals surface area (Å²) in [7, 11) is 0. The molecule has 2 bridgehead atoms. The molecule has 7 atom stereocenters. The zero-order chi connectivity index (χ0) is 27.0. The monoisotopic (exact) mass is 582 g/mol. The fraction of sp³-hybridized carbons (Fsp3) is 0.357. The number of hydrogen-bond acceptors (Lipinski definition) is 7. The minimum absolute atomic E-state index is 0.0125. The fourth-order valence-corrected chi connectivity index (χ4v) is 10.4. The molecular weight excluding hydrogens is 560 g/mol. The first kappa shape index (κ1) is 24.9. The molecule has 11 heteroatoms. The number of carboxylic acid groups (broad SMARTS) is 1. The maximum atomic E-state index is 13.4. The number of aromatic nitrogens is 1. The normalized spacial score (nSPS) is 30.3. The van der Waals surface area contributed by atoms with Gasteiger partial charge in [-0.15, -0.1) is 11.8 Å². The van der Waals surface area contributed by atoms with Gasteiger partial charge in [-0.1, -0.05) is 53.3 Å². The number of hydrogen-bond donors (Lipinski definition) is 2. The lowest BCUT2D eigenvalue weighted by Gasteiger charge is -2.43. The third-order valence-electron chi connectivity index (χ3n) is 8.65. The average Bonchev–Trinajstić information content (AvgIpc) is 3.64. The van der Waals surface area contributed by atoms with Crippen molar-refractivity contribution in [3.05, 3.63) is 79.2 Å². The first-order chi connectivity index (χ1) is 18.8. The van der Waals surface area contributed by atoms with Crippen molar-refractivity contribution in [1.29, 1.82) is 0 Å². The van der Waals surface area contributed by atoms with E-state index in [1.54, 1.807) is 17.8 Å². The molecule has 3 fully saturated rings. The number of fused-ring (bicyclic) bond motifs is 9. The summed E-state index contributed by atoms with van der Waals surface area (Å²) in [6.07, 6.45) is 0.715. The van der Waals surface area contributed by atoms with E-state index in [0.29, 0.717) is 23.8 Å². The second kappa shape index (κ2) is 9.25. The van der Waals surface area contributed by atoms with Crippen molar-refractivity contribution in [3.63, 3.8) is 0 Å². The van der Waals surface area contributed by atoms with E-state index in [-0.39, 0.29) is 45.6 Å². The smallest absolute Gasteiger partial charge is 0.323 e. The van der Waals surface area contributed by atoms with Gasteiger partial charge in [0.05, 0.1) is 16.9 Å². The van der Waals surface area contributed by atoms with Gasteiger partial charge in [0.15, 0.2) is 0 Å². The van der Waals surface area contributed by atoms with Gasteiger partial charge >= 0.3 is 10.8 Å². The van der Waals surface area contributed by atoms with Crippen LogP contribution in [0.4, 0.5) is 0 Å². The zero-order valence-corrected chi connectivity index (χ0v) is 22.8. The number of thioether (sulfide) groups is 1. The van der Waals surface area contributed by atoms with Crippen LogP contribution < -0.4 is 9.61 Å². The second-order valence-corrected chi connectivity index (χ2v) is 13.2. The van der Waals surface area contributed by atoms with E-state index in [0.717, 1.165) is 37.3 Å². The number of benzene rings is 2. The maximum absolute atomic E-state index is 13.4. The summed E-state index contributed by atoms with van der Waals surface area (Å²) in [5.74, 6) is -2.88. The van der Waals surface area contributed by atoms with Gasteiger partial charge in [0.1, 0.15) is 18.9 Å². The number of likely N-dealkylation sites (tertiary alicyclic amines) is 1. The molecule has 2 amide bonds. The van der Waals surface area contributed by atoms with Crippen molar-refractivity contribution < 1.29 is 24.2 Å². The second-order valence-electron chi connectivity index (χ2n) is 10.6. The van der Waals surface area contributed by atoms with Gasteiger partial charge in [-0.3, -0.25) is 24.1 Å². The van der Waals surface area contributed by atoms with Crippen molar-refractivity contribution in [2.24, 2.45) is 29.6 Å². The molecular formula is C28H23ClN2O6S2. The van der Waals surface area contributed by atoms with Crippen molar-refractivity contribution >= 4 is 52.5 Å². The molecule has 0 radical (unpaired) electrons. The van der Waals surface area contributed by atoms with Gasteiger partial charge in [-0.05, 0) is 47.9 Å². The Kier molecular flexibility index (Phi) is 5.91. The minimum atomic E-state index is -1.20. The zero-order valence-electron chi connectivity index (χ0n) is 20.4. The Balaban J connectivity index is 1.31. The third-order valence-corrected chi connectivity index (χ3v) is 11.5. The van der Waals surface area contributed by atoms with Crippen LogP contribution >= 0.6 is 34.7 Å². The van der Waals surface area contributed by atoms with E-state index in [1.165, 1.54) is 0 Å². The highest BCUT2D eigenvalue weighted by Gasteiger charge is 2.69. The predicted molar refractivity (Wildman–Crippen MR) is 145 cm³/mol. The van der Waals surface area contributed by atoms with Crippen molar-refractivity contribution in [1.82, 2.24) is 9.88 Å². The molecule has 8 nitrogen and oxygen atoms in total. The van der Waals surface area contributed by atoms with Gasteiger partial charge in [0.2, 0.25) is 11.8 Å². The van der Waals surface area contributed by atoms with Crippen LogP contribution in [0.15, 0.2) is 58.4 Å². The molecule has 2 saturated carbocycles. The Morgan fingerprint density at radius 2 is 1.82 bits per heavy atom. The largest absolute Gasteiger partial charge is 0.489 e. The summed E-state index contributed by atoms with van der Waals surface area (Å²) < 4.78 is 6.32. The Bertz CT molecular complexity index is 1570. The predicted octanol–water partition coefficient (Wildman–Crippen LogP) is 4.23. The highest BCUT2D eigenvalue weighted by atomic mass is 35.5. The lowest BCUT2D eigenvalue weighted by Crippen LogP contribution is -2.42. The molecule has 200 valence electrons. The summed E-state index contributed by atoms with van der Waals surface area (Å²) in [5.41, 5.74) is 1.87. The molecule has 39 heavy (non-hydrogen) atoms. The number of H-pyrrole nitrogens is 1. The molecule has 6 unspecified atom stereocenters. The number of aliphatic carboxylic acids is 1. The molecule has 2 aliphatic heterocycles. The molecule has 2 aliphatic carbocycles. The lowest BCUT2D eigenvalue weighted by molar-refractivity contribution is -0.149. The molecule has 2 aromatic carbocycles. The maximum Gasteiger partial charge on any atom is 0.323 e. The van der Waals surface area contributed by atoms with Gasteiger partial charge in [0.25, 0.3) is 0 Å². The average molecular weight is 583 g/mol. The number of imide groups is 1. The molecule has 2 N–H and O–H groups in total. The van der Waals surface area contributed by atoms with E-state index >= 15 is 0 Å². The highest BCUT2D eigenvalue weighted by molar-refractivity contribution is 8.00. The van der Waals surface area contributed by atoms with Crippen LogP contribution in [0, 0.1) is 29.6 Å². The summed E-state index contributed by atoms with van der Waals surface area (Å²) >= 11 is 9.26. The first-order valence-electron chi connectivity index (χ1n) is 12.7. The van der Waals surface area contributed by atoms with Crippen molar-refractivity contribution in [3.8, 4) is 5.75 Å². The number of carbonyl (C=O) groups is 3. The quantitative estimate of drug-likeness (QED) is 0.418. The molecule has 4 aliphatic rings. The standard InChI is InChI=1S/C28H23ClN2O6S2/c29-13-6-7-17(37-11-12-4-2-1-3-5-12)14(8-13)19-20-15-9-16(23(20)38-25-24(19)39-28(36)30-25)22-21(15)26(34)31(27(22)35)10-18(32)33/h1-8,15-16,19-23H,9-11H2,(H,30,36)(H,32,33)/t15?,16?,19-,20?,21?,22?,23?/m1/s1. The van der Waals surface area contributed by atoms with Crippen LogP contribution in [0.25, 0.3) is 0 Å². The van der Waals surface area contributed by atoms with Crippen LogP contribution in [-0.2, 0) is 21.0 Å². The van der Waals surface area contributed by atoms with Crippen LogP contribution in [-0.4, -0.2) is 44.6 Å². The Morgan fingerprint density at radius 1 is 1.08 bits per heavy atom. The van der Waals surface area contributed by atoms with Crippen LogP contribution in [0.3, 0.4) is 0 Å². The number of ether oxygens (including phenoxy) is 1. The van der Waals surface area contributed by atoms with E-state index < -0.39 is 24.3 Å². The summed E-state index contributed by atoms with van der Waals surface area (Å²) in [5, 5.41) is 10.6. The van der Waals surface area contributed by atoms with E-state index in [4.69, 9.17) is 16.3 Å². The number of nitrogens with zero attached hydrogens (tertiary/aromatic N) is 1. The van der Waals surface area contributed by atoms with Crippen LogP contribution in [0.2, 0.25) is 5.02 Å². The molecule has 7 rings (SSSR count). The van der Waals surface area contributed by atoms with E-state index in [9.17, 15) is 24.3 Å². The van der Waals surface area contributed by atoms with Gasteiger partial charge in [0, 0.05) is 26.6 Å². The highest BCUT2D eigenvalue weighted by Crippen LogP contribution is 2.69. The third kappa shape index (κ3) is 3.87.